The Balaban J connectivity index is 1.87. The molecule has 0 saturated carbocycles. The molecule has 2 aromatic rings. The Kier molecular flexibility index (Phi) is 3.66. The maximum absolute atomic E-state index is 12.2. The molecule has 0 bridgehead atoms. The van der Waals surface area contributed by atoms with Crippen molar-refractivity contribution in [2.45, 2.75) is 46.1 Å². The highest BCUT2D eigenvalue weighted by molar-refractivity contribution is 5.68. The first kappa shape index (κ1) is 15.6. The Morgan fingerprint density at radius 3 is 2.70 bits per heavy atom. The van der Waals surface area contributed by atoms with E-state index in [-0.39, 0.29) is 12.0 Å². The topological polar surface area (TPSA) is 80.0 Å². The lowest BCUT2D eigenvalue weighted by Crippen LogP contribution is -2.38. The van der Waals surface area contributed by atoms with E-state index in [1.807, 2.05) is 27.7 Å². The Hall–Kier alpha value is -2.31. The first-order valence-corrected chi connectivity index (χ1v) is 7.79. The highest BCUT2D eigenvalue weighted by Crippen LogP contribution is 2.26. The average Bonchev–Trinajstić information content (AvgIpc) is 2.69. The Morgan fingerprint density at radius 2 is 2.00 bits per heavy atom. The van der Waals surface area contributed by atoms with Crippen LogP contribution < -0.4 is 0 Å². The Bertz CT molecular complexity index is 761. The largest absolute Gasteiger partial charge is 0.493 e. The van der Waals surface area contributed by atoms with Gasteiger partial charge in [0.05, 0.1) is 11.9 Å². The molecule has 0 fully saturated rings. The zero-order valence-electron chi connectivity index (χ0n) is 14.0. The molecule has 7 nitrogen and oxygen atoms in total. The van der Waals surface area contributed by atoms with Crippen molar-refractivity contribution in [3.8, 4) is 5.88 Å². The van der Waals surface area contributed by atoms with E-state index in [9.17, 15) is 9.90 Å². The molecule has 0 radical (unpaired) electrons. The number of aromatic hydroxyl groups is 1. The summed E-state index contributed by atoms with van der Waals surface area (Å²) in [5.74, 6) is 0.115. The van der Waals surface area contributed by atoms with Crippen LogP contribution in [0.4, 0.5) is 4.79 Å². The second-order valence-electron chi connectivity index (χ2n) is 6.89. The summed E-state index contributed by atoms with van der Waals surface area (Å²) in [6.45, 7) is 8.47. The lowest BCUT2D eigenvalue weighted by Gasteiger charge is -2.26. The molecule has 124 valence electrons. The van der Waals surface area contributed by atoms with Crippen molar-refractivity contribution in [1.29, 1.82) is 0 Å². The summed E-state index contributed by atoms with van der Waals surface area (Å²) < 4.78 is 6.89. The van der Waals surface area contributed by atoms with Crippen molar-refractivity contribution in [3.05, 3.63) is 23.0 Å². The lowest BCUT2D eigenvalue weighted by molar-refractivity contribution is 0.0258. The van der Waals surface area contributed by atoms with Crippen LogP contribution in [0.2, 0.25) is 0 Å². The third kappa shape index (κ3) is 2.95. The van der Waals surface area contributed by atoms with Gasteiger partial charge in [-0.3, -0.25) is 0 Å². The van der Waals surface area contributed by atoms with Crippen LogP contribution in [0.3, 0.4) is 0 Å². The molecule has 1 aliphatic rings. The van der Waals surface area contributed by atoms with Gasteiger partial charge in [-0.05, 0) is 34.1 Å². The monoisotopic (exact) mass is 318 g/mol. The van der Waals surface area contributed by atoms with Crippen molar-refractivity contribution in [2.75, 3.05) is 13.1 Å². The van der Waals surface area contributed by atoms with Crippen LogP contribution in [0.15, 0.2) is 6.20 Å². The molecule has 0 unspecified atom stereocenters. The van der Waals surface area contributed by atoms with Gasteiger partial charge in [-0.2, -0.15) is 9.61 Å². The van der Waals surface area contributed by atoms with Gasteiger partial charge in [0, 0.05) is 30.6 Å². The average molecular weight is 318 g/mol. The highest BCUT2D eigenvalue weighted by atomic mass is 16.6. The van der Waals surface area contributed by atoms with E-state index < -0.39 is 5.60 Å². The zero-order chi connectivity index (χ0) is 16.8. The van der Waals surface area contributed by atoms with Crippen LogP contribution in [0.25, 0.3) is 5.65 Å². The minimum absolute atomic E-state index is 0.115. The van der Waals surface area contributed by atoms with Gasteiger partial charge < -0.3 is 14.7 Å². The number of amides is 1. The highest BCUT2D eigenvalue weighted by Gasteiger charge is 2.26. The molecule has 3 heterocycles. The fourth-order valence-electron chi connectivity index (χ4n) is 2.74. The maximum atomic E-state index is 12.2. The van der Waals surface area contributed by atoms with Gasteiger partial charge in [0.1, 0.15) is 5.60 Å². The molecule has 1 aliphatic heterocycles. The van der Waals surface area contributed by atoms with E-state index >= 15 is 0 Å². The number of hydrogen-bond acceptors (Lipinski definition) is 5. The van der Waals surface area contributed by atoms with Gasteiger partial charge in [-0.15, -0.1) is 0 Å². The number of carbonyl (C=O) groups is 1. The molecule has 7 heteroatoms. The second kappa shape index (κ2) is 5.40. The van der Waals surface area contributed by atoms with Crippen molar-refractivity contribution < 1.29 is 14.6 Å². The maximum Gasteiger partial charge on any atom is 0.410 e. The van der Waals surface area contributed by atoms with E-state index in [0.717, 1.165) is 16.8 Å². The van der Waals surface area contributed by atoms with Crippen LogP contribution in [0.5, 0.6) is 5.88 Å². The Labute approximate surface area is 134 Å². The van der Waals surface area contributed by atoms with E-state index in [0.29, 0.717) is 31.6 Å². The number of aryl methyl sites for hydroxylation is 1. The third-order valence-corrected chi connectivity index (χ3v) is 3.88. The van der Waals surface area contributed by atoms with Crippen LogP contribution in [-0.2, 0) is 17.6 Å². The third-order valence-electron chi connectivity index (χ3n) is 3.88. The fourth-order valence-corrected chi connectivity index (χ4v) is 2.74. The quantitative estimate of drug-likeness (QED) is 0.804. The number of aromatic nitrogens is 3. The molecule has 1 N–H and O–H groups in total. The first-order chi connectivity index (χ1) is 10.8. The van der Waals surface area contributed by atoms with Crippen molar-refractivity contribution in [1.82, 2.24) is 19.5 Å². The van der Waals surface area contributed by atoms with Crippen LogP contribution in [0, 0.1) is 6.92 Å². The van der Waals surface area contributed by atoms with Gasteiger partial charge in [-0.25, -0.2) is 9.78 Å². The molecule has 2 aromatic heterocycles. The summed E-state index contributed by atoms with van der Waals surface area (Å²) in [4.78, 5) is 18.5. The van der Waals surface area contributed by atoms with Gasteiger partial charge >= 0.3 is 6.09 Å². The first-order valence-electron chi connectivity index (χ1n) is 7.79. The molecule has 0 spiro atoms. The molecule has 0 aliphatic carbocycles. The predicted molar refractivity (Wildman–Crippen MR) is 84.6 cm³/mol. The summed E-state index contributed by atoms with van der Waals surface area (Å²) in [5, 5.41) is 14.6. The molecule has 0 saturated heterocycles. The van der Waals surface area contributed by atoms with Crippen LogP contribution in [0.1, 0.15) is 37.6 Å². The number of rotatable bonds is 0. The lowest BCUT2D eigenvalue weighted by atomic mass is 10.1. The molecule has 1 amide bonds. The summed E-state index contributed by atoms with van der Waals surface area (Å²) in [6, 6.07) is 0. The minimum atomic E-state index is -0.519. The zero-order valence-corrected chi connectivity index (χ0v) is 14.0. The van der Waals surface area contributed by atoms with Crippen LogP contribution in [-0.4, -0.2) is 49.4 Å². The second-order valence-corrected chi connectivity index (χ2v) is 6.89. The molecular formula is C16H22N4O3. The van der Waals surface area contributed by atoms with Crippen LogP contribution >= 0.6 is 0 Å². The molecule has 3 rings (SSSR count). The summed E-state index contributed by atoms with van der Waals surface area (Å²) in [5.41, 5.74) is 2.63. The molecule has 23 heavy (non-hydrogen) atoms. The normalized spacial score (nSPS) is 15.4. The summed E-state index contributed by atoms with van der Waals surface area (Å²) >= 11 is 0. The van der Waals surface area contributed by atoms with Gasteiger partial charge in [0.2, 0.25) is 5.88 Å². The molecular weight excluding hydrogens is 296 g/mol. The van der Waals surface area contributed by atoms with Gasteiger partial charge in [0.25, 0.3) is 0 Å². The Morgan fingerprint density at radius 1 is 1.30 bits per heavy atom. The van der Waals surface area contributed by atoms with Gasteiger partial charge in [0.15, 0.2) is 5.65 Å². The standard InChI is InChI=1S/C16H22N4O3/c1-10-9-17-20-13(10)18-12-6-8-19(7-5-11(12)14(20)21)15(22)23-16(2,3)4/h9,21H,5-8H2,1-4H3. The number of hydrogen-bond donors (Lipinski definition) is 1. The van der Waals surface area contributed by atoms with E-state index in [2.05, 4.69) is 10.1 Å². The van der Waals surface area contributed by atoms with Gasteiger partial charge in [-0.1, -0.05) is 0 Å². The number of ether oxygens (including phenoxy) is 1. The van der Waals surface area contributed by atoms with E-state index in [1.54, 1.807) is 11.1 Å². The van der Waals surface area contributed by atoms with Crippen molar-refractivity contribution in [3.63, 3.8) is 0 Å². The van der Waals surface area contributed by atoms with Crippen molar-refractivity contribution >= 4 is 11.7 Å². The van der Waals surface area contributed by atoms with Crippen molar-refractivity contribution in [2.24, 2.45) is 0 Å². The smallest absolute Gasteiger partial charge is 0.410 e. The number of nitrogens with zero attached hydrogens (tertiary/aromatic N) is 4. The molecule has 0 aromatic carbocycles. The van der Waals surface area contributed by atoms with E-state index in [4.69, 9.17) is 4.74 Å². The number of carbonyl (C=O) groups excluding carboxylic acids is 1. The number of fused-ring (bicyclic) bond motifs is 2. The SMILES string of the molecule is Cc1cnn2c(O)c3c(nc12)CCN(C(=O)OC(C)(C)C)CC3. The van der Waals surface area contributed by atoms with E-state index in [1.165, 1.54) is 4.52 Å². The predicted octanol–water partition coefficient (Wildman–Crippen LogP) is 2.08. The molecule has 0 atom stereocenters. The fraction of sp³-hybridized carbons (Fsp3) is 0.562. The summed E-state index contributed by atoms with van der Waals surface area (Å²) in [7, 11) is 0. The minimum Gasteiger partial charge on any atom is -0.493 e. The summed E-state index contributed by atoms with van der Waals surface area (Å²) in [6.07, 6.45) is 2.48.